The quantitative estimate of drug-likeness (QED) is 0.758. The van der Waals surface area contributed by atoms with Crippen molar-refractivity contribution in [3.05, 3.63) is 41.0 Å². The highest BCUT2D eigenvalue weighted by Crippen LogP contribution is 2.38. The van der Waals surface area contributed by atoms with E-state index in [-0.39, 0.29) is 5.82 Å². The van der Waals surface area contributed by atoms with Crippen molar-refractivity contribution in [1.29, 1.82) is 0 Å². The third-order valence-corrected chi connectivity index (χ3v) is 5.05. The Hall–Kier alpha value is -2.18. The maximum atomic E-state index is 13.9. The number of aromatic amines is 1. The molecule has 0 spiro atoms. The SMILES string of the molecule is Cc1noc(C)c1-c1[nH]c2ccc(F)cc2c1C(O)CN1CCCC1. The van der Waals surface area contributed by atoms with Crippen molar-refractivity contribution in [2.24, 2.45) is 0 Å². The molecular formula is C19H22FN3O2. The van der Waals surface area contributed by atoms with Gasteiger partial charge in [0.25, 0.3) is 0 Å². The maximum absolute atomic E-state index is 13.9. The third-order valence-electron chi connectivity index (χ3n) is 5.05. The number of aromatic nitrogens is 2. The molecule has 1 saturated heterocycles. The number of aliphatic hydroxyl groups excluding tert-OH is 1. The smallest absolute Gasteiger partial charge is 0.143 e. The standard InChI is InChI=1S/C19H22FN3O2/c1-11-17(12(2)25-22-11)19-18(16(24)10-23-7-3-4-8-23)14-9-13(20)5-6-15(14)21-19/h5-6,9,16,21,24H,3-4,7-8,10H2,1-2H3. The van der Waals surface area contributed by atoms with Gasteiger partial charge in [0.15, 0.2) is 0 Å². The van der Waals surface area contributed by atoms with Gasteiger partial charge in [-0.15, -0.1) is 0 Å². The van der Waals surface area contributed by atoms with Gasteiger partial charge in [0.05, 0.1) is 23.1 Å². The average Bonchev–Trinajstić information content (AvgIpc) is 3.26. The van der Waals surface area contributed by atoms with Crippen molar-refractivity contribution in [3.8, 4) is 11.3 Å². The minimum atomic E-state index is -0.711. The summed E-state index contributed by atoms with van der Waals surface area (Å²) in [6.07, 6.45) is 1.61. The Labute approximate surface area is 145 Å². The summed E-state index contributed by atoms with van der Waals surface area (Å²) in [5.74, 6) is 0.366. The second-order valence-corrected chi connectivity index (χ2v) is 6.83. The maximum Gasteiger partial charge on any atom is 0.143 e. The monoisotopic (exact) mass is 343 g/mol. The number of fused-ring (bicyclic) bond motifs is 1. The zero-order valence-corrected chi connectivity index (χ0v) is 14.5. The highest BCUT2D eigenvalue weighted by atomic mass is 19.1. The summed E-state index contributed by atoms with van der Waals surface area (Å²) in [5, 5.41) is 15.7. The fourth-order valence-corrected chi connectivity index (χ4v) is 3.87. The number of likely N-dealkylation sites (tertiary alicyclic amines) is 1. The molecule has 25 heavy (non-hydrogen) atoms. The lowest BCUT2D eigenvalue weighted by atomic mass is 9.99. The fourth-order valence-electron chi connectivity index (χ4n) is 3.87. The highest BCUT2D eigenvalue weighted by Gasteiger charge is 2.26. The van der Waals surface area contributed by atoms with Crippen LogP contribution in [0.15, 0.2) is 22.7 Å². The zero-order valence-electron chi connectivity index (χ0n) is 14.5. The lowest BCUT2D eigenvalue weighted by Crippen LogP contribution is -2.25. The summed E-state index contributed by atoms with van der Waals surface area (Å²) in [6, 6.07) is 4.61. The van der Waals surface area contributed by atoms with E-state index in [0.717, 1.165) is 54.0 Å². The number of aliphatic hydroxyl groups is 1. The molecule has 4 rings (SSSR count). The van der Waals surface area contributed by atoms with Crippen LogP contribution in [0.5, 0.6) is 0 Å². The number of hydrogen-bond donors (Lipinski definition) is 2. The Bertz CT molecular complexity index is 889. The number of β-amino-alcohol motifs (C(OH)–C–C–N with tert-alkyl or cyclic N) is 1. The number of rotatable bonds is 4. The molecule has 1 aliphatic heterocycles. The predicted octanol–water partition coefficient (Wildman–Crippen LogP) is 3.71. The molecule has 0 amide bonds. The van der Waals surface area contributed by atoms with Crippen LogP contribution in [0.25, 0.3) is 22.2 Å². The molecule has 1 aromatic carbocycles. The van der Waals surface area contributed by atoms with E-state index in [1.54, 1.807) is 6.07 Å². The van der Waals surface area contributed by atoms with E-state index in [1.807, 2.05) is 13.8 Å². The molecule has 0 aliphatic carbocycles. The van der Waals surface area contributed by atoms with E-state index in [2.05, 4.69) is 15.0 Å². The van der Waals surface area contributed by atoms with Gasteiger partial charge < -0.3 is 19.5 Å². The van der Waals surface area contributed by atoms with E-state index in [9.17, 15) is 9.50 Å². The molecule has 3 aromatic rings. The van der Waals surface area contributed by atoms with E-state index in [4.69, 9.17) is 4.52 Å². The first-order chi connectivity index (χ1) is 12.0. The lowest BCUT2D eigenvalue weighted by molar-refractivity contribution is 0.128. The van der Waals surface area contributed by atoms with Gasteiger partial charge in [-0.3, -0.25) is 0 Å². The summed E-state index contributed by atoms with van der Waals surface area (Å²) in [5.41, 5.74) is 3.87. The molecule has 1 unspecified atom stereocenters. The summed E-state index contributed by atoms with van der Waals surface area (Å²) < 4.78 is 19.2. The number of H-pyrrole nitrogens is 1. The van der Waals surface area contributed by atoms with Crippen molar-refractivity contribution >= 4 is 10.9 Å². The zero-order chi connectivity index (χ0) is 17.6. The van der Waals surface area contributed by atoms with E-state index in [0.29, 0.717) is 17.7 Å². The molecular weight excluding hydrogens is 321 g/mol. The normalized spacial score (nSPS) is 16.8. The minimum absolute atomic E-state index is 0.313. The van der Waals surface area contributed by atoms with Crippen LogP contribution in [0, 0.1) is 19.7 Å². The van der Waals surface area contributed by atoms with Gasteiger partial charge in [-0.1, -0.05) is 5.16 Å². The molecule has 0 bridgehead atoms. The topological polar surface area (TPSA) is 65.3 Å². The van der Waals surface area contributed by atoms with Crippen molar-refractivity contribution < 1.29 is 14.0 Å². The van der Waals surface area contributed by atoms with Gasteiger partial charge in [-0.2, -0.15) is 0 Å². The Morgan fingerprint density at radius 3 is 2.76 bits per heavy atom. The molecule has 2 aromatic heterocycles. The van der Waals surface area contributed by atoms with Crippen LogP contribution in [-0.4, -0.2) is 39.8 Å². The Morgan fingerprint density at radius 2 is 2.08 bits per heavy atom. The number of aryl methyl sites for hydroxylation is 2. The fraction of sp³-hybridized carbons (Fsp3) is 0.421. The molecule has 1 fully saturated rings. The van der Waals surface area contributed by atoms with Crippen molar-refractivity contribution in [2.45, 2.75) is 32.8 Å². The Morgan fingerprint density at radius 1 is 1.32 bits per heavy atom. The van der Waals surface area contributed by atoms with Gasteiger partial charge >= 0.3 is 0 Å². The second kappa shape index (κ2) is 6.28. The van der Waals surface area contributed by atoms with Crippen LogP contribution < -0.4 is 0 Å². The Balaban J connectivity index is 1.86. The molecule has 6 heteroatoms. The molecule has 1 atom stereocenters. The first kappa shape index (κ1) is 16.3. The average molecular weight is 343 g/mol. The lowest BCUT2D eigenvalue weighted by Gasteiger charge is -2.20. The summed E-state index contributed by atoms with van der Waals surface area (Å²) in [7, 11) is 0. The van der Waals surface area contributed by atoms with E-state index >= 15 is 0 Å². The molecule has 5 nitrogen and oxygen atoms in total. The van der Waals surface area contributed by atoms with E-state index in [1.165, 1.54) is 12.1 Å². The number of halogens is 1. The van der Waals surface area contributed by atoms with E-state index < -0.39 is 6.10 Å². The van der Waals surface area contributed by atoms with Crippen LogP contribution >= 0.6 is 0 Å². The number of benzene rings is 1. The first-order valence-corrected chi connectivity index (χ1v) is 8.69. The highest BCUT2D eigenvalue weighted by molar-refractivity contribution is 5.92. The number of nitrogens with one attached hydrogen (secondary N) is 1. The Kier molecular flexibility index (Phi) is 4.09. The predicted molar refractivity (Wildman–Crippen MR) is 93.9 cm³/mol. The number of nitrogens with zero attached hydrogens (tertiary/aromatic N) is 2. The summed E-state index contributed by atoms with van der Waals surface area (Å²) in [4.78, 5) is 5.59. The molecule has 0 radical (unpaired) electrons. The van der Waals surface area contributed by atoms with Crippen molar-refractivity contribution in [2.75, 3.05) is 19.6 Å². The second-order valence-electron chi connectivity index (χ2n) is 6.83. The van der Waals surface area contributed by atoms with Gasteiger partial charge in [0.1, 0.15) is 11.6 Å². The van der Waals surface area contributed by atoms with Crippen LogP contribution in [0.4, 0.5) is 4.39 Å². The van der Waals surface area contributed by atoms with Crippen LogP contribution in [0.3, 0.4) is 0 Å². The van der Waals surface area contributed by atoms with Crippen molar-refractivity contribution in [3.63, 3.8) is 0 Å². The van der Waals surface area contributed by atoms with Gasteiger partial charge in [-0.25, -0.2) is 4.39 Å². The molecule has 2 N–H and O–H groups in total. The van der Waals surface area contributed by atoms with Crippen LogP contribution in [0.1, 0.15) is 36.0 Å². The minimum Gasteiger partial charge on any atom is -0.387 e. The molecule has 132 valence electrons. The van der Waals surface area contributed by atoms with Crippen LogP contribution in [-0.2, 0) is 0 Å². The summed E-state index contributed by atoms with van der Waals surface area (Å²) in [6.45, 7) is 6.25. The van der Waals surface area contributed by atoms with Crippen LogP contribution in [0.2, 0.25) is 0 Å². The first-order valence-electron chi connectivity index (χ1n) is 8.69. The molecule has 1 aliphatic rings. The van der Waals surface area contributed by atoms with Gasteiger partial charge in [0.2, 0.25) is 0 Å². The third kappa shape index (κ3) is 2.85. The van der Waals surface area contributed by atoms with Gasteiger partial charge in [0, 0.05) is 23.0 Å². The van der Waals surface area contributed by atoms with Crippen molar-refractivity contribution in [1.82, 2.24) is 15.0 Å². The molecule has 3 heterocycles. The number of hydrogen-bond acceptors (Lipinski definition) is 4. The molecule has 0 saturated carbocycles. The summed E-state index contributed by atoms with van der Waals surface area (Å²) >= 11 is 0. The van der Waals surface area contributed by atoms with Gasteiger partial charge in [-0.05, 0) is 58.0 Å². The largest absolute Gasteiger partial charge is 0.387 e.